The molecule has 0 unspecified atom stereocenters. The van der Waals surface area contributed by atoms with Gasteiger partial charge >= 0.3 is 6.03 Å². The van der Waals surface area contributed by atoms with Crippen LogP contribution in [0.2, 0.25) is 0 Å². The van der Waals surface area contributed by atoms with Gasteiger partial charge in [0, 0.05) is 44.3 Å². The molecule has 206 valence electrons. The van der Waals surface area contributed by atoms with Crippen LogP contribution in [0.1, 0.15) is 22.9 Å². The van der Waals surface area contributed by atoms with Gasteiger partial charge < -0.3 is 29.2 Å². The van der Waals surface area contributed by atoms with E-state index in [1.165, 1.54) is 4.90 Å². The summed E-state index contributed by atoms with van der Waals surface area (Å²) in [5.41, 5.74) is 3.68. The lowest BCUT2D eigenvalue weighted by Gasteiger charge is -2.38. The number of amides is 3. The minimum atomic E-state index is -0.341. The van der Waals surface area contributed by atoms with E-state index in [1.807, 2.05) is 109 Å². The Kier molecular flexibility index (Phi) is 8.47. The lowest BCUT2D eigenvalue weighted by Crippen LogP contribution is -2.49. The largest absolute Gasteiger partial charge is 0.457 e. The highest BCUT2D eigenvalue weighted by Crippen LogP contribution is 2.35. The van der Waals surface area contributed by atoms with Crippen molar-refractivity contribution >= 4 is 17.6 Å². The number of hydrogen-bond donors (Lipinski definition) is 1. The molecule has 1 aromatic heterocycles. The van der Waals surface area contributed by atoms with Crippen molar-refractivity contribution in [1.29, 1.82) is 0 Å². The second-order valence-electron chi connectivity index (χ2n) is 9.82. The Morgan fingerprint density at radius 1 is 0.925 bits per heavy atom. The number of carbonyl (C=O) groups excluding carboxylic acids is 2. The number of methoxy groups -OCH3 is 1. The molecule has 0 aliphatic carbocycles. The summed E-state index contributed by atoms with van der Waals surface area (Å²) >= 11 is 0. The molecule has 0 bridgehead atoms. The molecule has 2 heterocycles. The molecule has 5 rings (SSSR count). The lowest BCUT2D eigenvalue weighted by atomic mass is 9.99. The van der Waals surface area contributed by atoms with Crippen LogP contribution in [-0.2, 0) is 16.1 Å². The van der Waals surface area contributed by atoms with E-state index in [2.05, 4.69) is 9.88 Å². The van der Waals surface area contributed by atoms with Crippen molar-refractivity contribution in [3.63, 3.8) is 0 Å². The quantitative estimate of drug-likeness (QED) is 0.297. The number of urea groups is 1. The van der Waals surface area contributed by atoms with Gasteiger partial charge in [-0.05, 0) is 66.6 Å². The Morgan fingerprint density at radius 2 is 1.73 bits per heavy atom. The van der Waals surface area contributed by atoms with Crippen molar-refractivity contribution in [1.82, 2.24) is 14.4 Å². The van der Waals surface area contributed by atoms with Gasteiger partial charge in [-0.2, -0.15) is 0 Å². The number of aromatic nitrogens is 1. The number of nitrogens with zero attached hydrogens (tertiary/aromatic N) is 3. The van der Waals surface area contributed by atoms with Gasteiger partial charge in [-0.1, -0.05) is 42.5 Å². The summed E-state index contributed by atoms with van der Waals surface area (Å²) in [6, 6.07) is 28.4. The first kappa shape index (κ1) is 27.0. The molecule has 4 aromatic rings. The number of aryl methyl sites for hydroxylation is 1. The number of anilines is 1. The highest BCUT2D eigenvalue weighted by molar-refractivity contribution is 5.92. The summed E-state index contributed by atoms with van der Waals surface area (Å²) in [6.45, 7) is 3.70. The molecule has 1 atom stereocenters. The van der Waals surface area contributed by atoms with Crippen molar-refractivity contribution in [3.8, 4) is 11.5 Å². The van der Waals surface area contributed by atoms with Crippen molar-refractivity contribution in [3.05, 3.63) is 114 Å². The Labute approximate surface area is 234 Å². The second-order valence-corrected chi connectivity index (χ2v) is 9.82. The predicted molar refractivity (Wildman–Crippen MR) is 155 cm³/mol. The first-order valence-corrected chi connectivity index (χ1v) is 13.4. The van der Waals surface area contributed by atoms with Crippen LogP contribution < -0.4 is 10.1 Å². The van der Waals surface area contributed by atoms with Gasteiger partial charge in [0.2, 0.25) is 5.91 Å². The van der Waals surface area contributed by atoms with Crippen molar-refractivity contribution in [2.24, 2.45) is 0 Å². The SMILES string of the molecule is COCCN(CC(=O)N1CCn2cccc2[C@H]1c1cccc(Oc2ccccc2)c1)C(=O)Nc1cccc(C)c1. The number of rotatable bonds is 9. The zero-order chi connectivity index (χ0) is 27.9. The topological polar surface area (TPSA) is 76.0 Å². The molecule has 3 amide bonds. The van der Waals surface area contributed by atoms with Gasteiger partial charge in [0.1, 0.15) is 18.0 Å². The molecule has 8 heteroatoms. The highest BCUT2D eigenvalue weighted by Gasteiger charge is 2.33. The second kappa shape index (κ2) is 12.5. The zero-order valence-electron chi connectivity index (χ0n) is 22.8. The molecule has 0 radical (unpaired) electrons. The summed E-state index contributed by atoms with van der Waals surface area (Å²) in [5.74, 6) is 1.30. The van der Waals surface area contributed by atoms with E-state index in [4.69, 9.17) is 9.47 Å². The first-order valence-electron chi connectivity index (χ1n) is 13.4. The molecule has 3 aromatic carbocycles. The third-order valence-electron chi connectivity index (χ3n) is 6.96. The van der Waals surface area contributed by atoms with Crippen molar-refractivity contribution in [2.75, 3.05) is 38.7 Å². The van der Waals surface area contributed by atoms with Gasteiger partial charge in [-0.3, -0.25) is 4.79 Å². The normalized spacial score (nSPS) is 14.3. The van der Waals surface area contributed by atoms with Gasteiger partial charge in [-0.15, -0.1) is 0 Å². The summed E-state index contributed by atoms with van der Waals surface area (Å²) in [7, 11) is 1.58. The fourth-order valence-corrected chi connectivity index (χ4v) is 5.01. The minimum Gasteiger partial charge on any atom is -0.457 e. The Bertz CT molecular complexity index is 1450. The Hall–Kier alpha value is -4.56. The van der Waals surface area contributed by atoms with Crippen molar-refractivity contribution < 1.29 is 19.1 Å². The van der Waals surface area contributed by atoms with Gasteiger partial charge in [-0.25, -0.2) is 4.79 Å². The van der Waals surface area contributed by atoms with Crippen LogP contribution >= 0.6 is 0 Å². The van der Waals surface area contributed by atoms with Crippen LogP contribution in [-0.4, -0.2) is 59.7 Å². The maximum Gasteiger partial charge on any atom is 0.322 e. The number of benzene rings is 3. The van der Waals surface area contributed by atoms with E-state index < -0.39 is 0 Å². The number of hydrogen-bond acceptors (Lipinski definition) is 4. The molecule has 0 saturated heterocycles. The molecule has 1 N–H and O–H groups in total. The molecule has 1 aliphatic heterocycles. The van der Waals surface area contributed by atoms with Crippen molar-refractivity contribution in [2.45, 2.75) is 19.5 Å². The number of nitrogens with one attached hydrogen (secondary N) is 1. The highest BCUT2D eigenvalue weighted by atomic mass is 16.5. The van der Waals surface area contributed by atoms with Crippen LogP contribution in [0.15, 0.2) is 97.2 Å². The van der Waals surface area contributed by atoms with Crippen LogP contribution in [0.4, 0.5) is 10.5 Å². The molecule has 0 fully saturated rings. The van der Waals surface area contributed by atoms with Crippen LogP contribution in [0.3, 0.4) is 0 Å². The van der Waals surface area contributed by atoms with Crippen LogP contribution in [0.25, 0.3) is 0 Å². The minimum absolute atomic E-state index is 0.0710. The van der Waals surface area contributed by atoms with E-state index in [9.17, 15) is 9.59 Å². The lowest BCUT2D eigenvalue weighted by molar-refractivity contribution is -0.134. The third-order valence-corrected chi connectivity index (χ3v) is 6.96. The summed E-state index contributed by atoms with van der Waals surface area (Å²) in [5, 5.41) is 2.93. The van der Waals surface area contributed by atoms with Crippen LogP contribution in [0, 0.1) is 6.92 Å². The molecular weight excluding hydrogens is 504 g/mol. The van der Waals surface area contributed by atoms with E-state index in [0.29, 0.717) is 31.1 Å². The fraction of sp³-hybridized carbons (Fsp3) is 0.250. The Balaban J connectivity index is 1.39. The van der Waals surface area contributed by atoms with E-state index >= 15 is 0 Å². The van der Waals surface area contributed by atoms with E-state index in [1.54, 1.807) is 7.11 Å². The van der Waals surface area contributed by atoms with Gasteiger partial charge in [0.15, 0.2) is 0 Å². The zero-order valence-corrected chi connectivity index (χ0v) is 22.8. The molecule has 0 spiro atoms. The fourth-order valence-electron chi connectivity index (χ4n) is 5.01. The predicted octanol–water partition coefficient (Wildman–Crippen LogP) is 5.70. The molecule has 40 heavy (non-hydrogen) atoms. The molecular formula is C32H34N4O4. The smallest absolute Gasteiger partial charge is 0.322 e. The summed E-state index contributed by atoms with van der Waals surface area (Å²) < 4.78 is 13.5. The summed E-state index contributed by atoms with van der Waals surface area (Å²) in [6.07, 6.45) is 2.04. The molecule has 0 saturated carbocycles. The standard InChI is InChI=1S/C32H34N4O4/c1-24-9-6-11-26(21-24)33-32(38)35(19-20-39-2)23-30(37)36-18-17-34-16-8-15-29(34)31(36)25-10-7-14-28(22-25)40-27-12-4-3-5-13-27/h3-16,21-22,31H,17-20,23H2,1-2H3,(H,33,38)/t31-/m1/s1. The third kappa shape index (κ3) is 6.35. The first-order chi connectivity index (χ1) is 19.5. The van der Waals surface area contributed by atoms with Crippen LogP contribution in [0.5, 0.6) is 11.5 Å². The summed E-state index contributed by atoms with van der Waals surface area (Å²) in [4.78, 5) is 30.5. The monoisotopic (exact) mass is 538 g/mol. The number of ether oxygens (including phenoxy) is 2. The Morgan fingerprint density at radius 3 is 2.52 bits per heavy atom. The number of fused-ring (bicyclic) bond motifs is 1. The molecule has 1 aliphatic rings. The van der Waals surface area contributed by atoms with E-state index in [-0.39, 0.29) is 31.1 Å². The van der Waals surface area contributed by atoms with Gasteiger partial charge in [0.25, 0.3) is 0 Å². The number of carbonyl (C=O) groups is 2. The van der Waals surface area contributed by atoms with E-state index in [0.717, 1.165) is 22.6 Å². The number of para-hydroxylation sites is 1. The molecule has 8 nitrogen and oxygen atoms in total. The average molecular weight is 539 g/mol. The maximum atomic E-state index is 13.9. The van der Waals surface area contributed by atoms with Gasteiger partial charge in [0.05, 0.1) is 12.6 Å². The maximum absolute atomic E-state index is 13.9. The average Bonchev–Trinajstić information content (AvgIpc) is 3.44.